The molecule has 0 amide bonds. The number of alkyl halides is 8. The molecule has 0 fully saturated rings. The number of halogens is 8. The van der Waals surface area contributed by atoms with Crippen LogP contribution < -0.4 is 0 Å². The van der Waals surface area contributed by atoms with E-state index in [0.717, 1.165) is 0 Å². The van der Waals surface area contributed by atoms with E-state index in [1.165, 1.54) is 0 Å². The van der Waals surface area contributed by atoms with Gasteiger partial charge >= 0.3 is 23.7 Å². The zero-order chi connectivity index (χ0) is 19.2. The minimum Gasteiger partial charge on any atom is -0.396 e. The zero-order valence-electron chi connectivity index (χ0n) is 13.2. The molecule has 146 valence electrons. The van der Waals surface area contributed by atoms with E-state index >= 15 is 0 Å². The first-order valence-electron chi connectivity index (χ1n) is 7.53. The van der Waals surface area contributed by atoms with Gasteiger partial charge in [-0.15, -0.1) is 0 Å². The summed E-state index contributed by atoms with van der Waals surface area (Å²) < 4.78 is 108. The van der Waals surface area contributed by atoms with E-state index in [-0.39, 0.29) is 6.42 Å². The summed E-state index contributed by atoms with van der Waals surface area (Å²) in [6, 6.07) is 0. The van der Waals surface area contributed by atoms with E-state index in [4.69, 9.17) is 10.2 Å². The maximum Gasteiger partial charge on any atom is 0.378 e. The Labute approximate surface area is 134 Å². The van der Waals surface area contributed by atoms with Crippen molar-refractivity contribution in [3.63, 3.8) is 0 Å². The summed E-state index contributed by atoms with van der Waals surface area (Å²) in [5, 5.41) is 17.3. The molecule has 0 unspecified atom stereocenters. The fraction of sp³-hybridized carbons (Fsp3) is 1.00. The second-order valence-corrected chi connectivity index (χ2v) is 5.78. The second kappa shape index (κ2) is 8.64. The van der Waals surface area contributed by atoms with Crippen LogP contribution in [-0.2, 0) is 0 Å². The van der Waals surface area contributed by atoms with Gasteiger partial charge in [0.1, 0.15) is 0 Å². The molecule has 0 aliphatic rings. The molecule has 2 nitrogen and oxygen atoms in total. The number of aliphatic hydroxyl groups excluding tert-OH is 2. The Balaban J connectivity index is 5.26. The molecule has 0 spiro atoms. The summed E-state index contributed by atoms with van der Waals surface area (Å²) in [5.41, 5.74) is 0. The standard InChI is InChI=1S/C14H22F8O2/c1-2-3-4-6-11(15,16)13(19,20)14(21,22)12(17,18)7-5-10(8-23)9-24/h10,23-24H,2-9H2,1H3. The summed E-state index contributed by atoms with van der Waals surface area (Å²) in [7, 11) is 0. The number of aliphatic hydroxyl groups is 2. The van der Waals surface area contributed by atoms with Crippen LogP contribution in [0.25, 0.3) is 0 Å². The molecule has 0 rings (SSSR count). The smallest absolute Gasteiger partial charge is 0.378 e. The maximum atomic E-state index is 13.5. The summed E-state index contributed by atoms with van der Waals surface area (Å²) in [6.45, 7) is -0.0960. The highest BCUT2D eigenvalue weighted by atomic mass is 19.4. The molecule has 0 aromatic rings. The van der Waals surface area contributed by atoms with Gasteiger partial charge in [-0.3, -0.25) is 0 Å². The van der Waals surface area contributed by atoms with Crippen LogP contribution >= 0.6 is 0 Å². The maximum absolute atomic E-state index is 13.5. The Morgan fingerprint density at radius 3 is 1.50 bits per heavy atom. The SMILES string of the molecule is CCCCCC(F)(F)C(F)(F)C(F)(F)C(F)(F)CCC(CO)CO. The van der Waals surface area contributed by atoms with Gasteiger partial charge in [0, 0.05) is 32.0 Å². The zero-order valence-corrected chi connectivity index (χ0v) is 13.2. The van der Waals surface area contributed by atoms with E-state index in [9.17, 15) is 35.1 Å². The number of hydrogen-bond donors (Lipinski definition) is 2. The topological polar surface area (TPSA) is 40.5 Å². The molecular formula is C14H22F8O2. The van der Waals surface area contributed by atoms with Crippen LogP contribution in [0.5, 0.6) is 0 Å². The average molecular weight is 374 g/mol. The van der Waals surface area contributed by atoms with Gasteiger partial charge in [-0.2, -0.15) is 35.1 Å². The third-order valence-electron chi connectivity index (χ3n) is 3.79. The molecule has 0 heterocycles. The Kier molecular flexibility index (Phi) is 8.41. The van der Waals surface area contributed by atoms with Crippen LogP contribution in [-0.4, -0.2) is 47.1 Å². The predicted molar refractivity (Wildman–Crippen MR) is 70.8 cm³/mol. The first-order valence-corrected chi connectivity index (χ1v) is 7.53. The number of rotatable bonds is 12. The Hall–Kier alpha value is -0.640. The van der Waals surface area contributed by atoms with Crippen LogP contribution in [0.1, 0.15) is 45.4 Å². The van der Waals surface area contributed by atoms with Gasteiger partial charge < -0.3 is 10.2 Å². The van der Waals surface area contributed by atoms with Crippen LogP contribution in [0.2, 0.25) is 0 Å². The molecule has 24 heavy (non-hydrogen) atoms. The fourth-order valence-corrected chi connectivity index (χ4v) is 2.00. The largest absolute Gasteiger partial charge is 0.396 e. The van der Waals surface area contributed by atoms with Gasteiger partial charge in [0.25, 0.3) is 0 Å². The van der Waals surface area contributed by atoms with E-state index in [1.54, 1.807) is 6.92 Å². The third-order valence-corrected chi connectivity index (χ3v) is 3.79. The molecule has 0 bridgehead atoms. The number of hydrogen-bond acceptors (Lipinski definition) is 2. The first-order chi connectivity index (χ1) is 10.8. The van der Waals surface area contributed by atoms with Gasteiger partial charge in [-0.1, -0.05) is 19.8 Å². The second-order valence-electron chi connectivity index (χ2n) is 5.78. The lowest BCUT2D eigenvalue weighted by atomic mass is 9.91. The molecule has 0 aliphatic heterocycles. The highest BCUT2D eigenvalue weighted by molar-refractivity contribution is 5.03. The van der Waals surface area contributed by atoms with Crippen molar-refractivity contribution >= 4 is 0 Å². The average Bonchev–Trinajstić information content (AvgIpc) is 2.47. The monoisotopic (exact) mass is 374 g/mol. The van der Waals surface area contributed by atoms with E-state index in [1.807, 2.05) is 0 Å². The van der Waals surface area contributed by atoms with Gasteiger partial charge in [0.15, 0.2) is 0 Å². The summed E-state index contributed by atoms with van der Waals surface area (Å²) in [4.78, 5) is 0. The highest BCUT2D eigenvalue weighted by Crippen LogP contribution is 2.55. The molecule has 2 N–H and O–H groups in total. The lowest BCUT2D eigenvalue weighted by Gasteiger charge is -2.37. The van der Waals surface area contributed by atoms with Crippen molar-refractivity contribution < 1.29 is 45.3 Å². The van der Waals surface area contributed by atoms with E-state index in [2.05, 4.69) is 0 Å². The molecule has 0 aromatic carbocycles. The molecule has 0 atom stereocenters. The van der Waals surface area contributed by atoms with Crippen LogP contribution in [0.15, 0.2) is 0 Å². The molecule has 0 saturated heterocycles. The minimum atomic E-state index is -6.27. The van der Waals surface area contributed by atoms with Gasteiger partial charge in [0.2, 0.25) is 0 Å². The molecule has 0 radical (unpaired) electrons. The highest BCUT2D eigenvalue weighted by Gasteiger charge is 2.79. The van der Waals surface area contributed by atoms with Crippen LogP contribution in [0, 0.1) is 5.92 Å². The Morgan fingerprint density at radius 2 is 1.12 bits per heavy atom. The fourth-order valence-electron chi connectivity index (χ4n) is 2.00. The van der Waals surface area contributed by atoms with Crippen LogP contribution in [0.4, 0.5) is 35.1 Å². The summed E-state index contributed by atoms with van der Waals surface area (Å²) in [6.07, 6.45) is -4.49. The van der Waals surface area contributed by atoms with Crippen molar-refractivity contribution in [1.82, 2.24) is 0 Å². The molecule has 0 saturated carbocycles. The lowest BCUT2D eigenvalue weighted by Crippen LogP contribution is -2.62. The molecule has 0 aliphatic carbocycles. The Bertz CT molecular complexity index is 370. The predicted octanol–water partition coefficient (Wildman–Crippen LogP) is 4.49. The van der Waals surface area contributed by atoms with Gasteiger partial charge in [-0.25, -0.2) is 0 Å². The normalized spacial score (nSPS) is 14.5. The Morgan fingerprint density at radius 1 is 0.708 bits per heavy atom. The van der Waals surface area contributed by atoms with Crippen molar-refractivity contribution in [2.24, 2.45) is 5.92 Å². The molecule has 0 aromatic heterocycles. The lowest BCUT2D eigenvalue weighted by molar-refractivity contribution is -0.368. The van der Waals surface area contributed by atoms with E-state index < -0.39 is 68.5 Å². The van der Waals surface area contributed by atoms with E-state index in [0.29, 0.717) is 6.42 Å². The third kappa shape index (κ3) is 4.93. The van der Waals surface area contributed by atoms with Gasteiger partial charge in [-0.05, 0) is 12.8 Å². The van der Waals surface area contributed by atoms with Crippen molar-refractivity contribution in [3.8, 4) is 0 Å². The first kappa shape index (κ1) is 23.4. The summed E-state index contributed by atoms with van der Waals surface area (Å²) >= 11 is 0. The van der Waals surface area contributed by atoms with Crippen molar-refractivity contribution in [1.29, 1.82) is 0 Å². The molecule has 10 heteroatoms. The number of unbranched alkanes of at least 4 members (excludes halogenated alkanes) is 2. The van der Waals surface area contributed by atoms with Crippen molar-refractivity contribution in [2.45, 2.75) is 69.1 Å². The minimum absolute atomic E-state index is 0.0717. The van der Waals surface area contributed by atoms with Crippen molar-refractivity contribution in [3.05, 3.63) is 0 Å². The molecular weight excluding hydrogens is 352 g/mol. The van der Waals surface area contributed by atoms with Crippen molar-refractivity contribution in [2.75, 3.05) is 13.2 Å². The summed E-state index contributed by atoms with van der Waals surface area (Å²) in [5.74, 6) is -24.4. The van der Waals surface area contributed by atoms with Crippen LogP contribution in [0.3, 0.4) is 0 Å². The van der Waals surface area contributed by atoms with Gasteiger partial charge in [0.05, 0.1) is 0 Å². The quantitative estimate of drug-likeness (QED) is 0.390.